The minimum atomic E-state index is -0.911. The lowest BCUT2D eigenvalue weighted by Crippen LogP contribution is -2.25. The van der Waals surface area contributed by atoms with E-state index in [9.17, 15) is 8.78 Å². The molecule has 0 fully saturated rings. The Morgan fingerprint density at radius 3 is 2.48 bits per heavy atom. The molecule has 0 saturated carbocycles. The van der Waals surface area contributed by atoms with Gasteiger partial charge >= 0.3 is 0 Å². The Labute approximate surface area is 123 Å². The van der Waals surface area contributed by atoms with Crippen LogP contribution in [0.3, 0.4) is 0 Å². The number of hydrogen-bond donors (Lipinski definition) is 1. The van der Waals surface area contributed by atoms with E-state index in [0.717, 1.165) is 24.7 Å². The number of nitrogens with two attached hydrogens (primary N) is 1. The third kappa shape index (κ3) is 2.77. The Balaban J connectivity index is 2.68. The van der Waals surface area contributed by atoms with Crippen LogP contribution >= 0.6 is 0 Å². The van der Waals surface area contributed by atoms with Crippen LogP contribution in [0.15, 0.2) is 18.2 Å². The summed E-state index contributed by atoms with van der Waals surface area (Å²) in [7, 11) is 0. The average Bonchev–Trinajstić information content (AvgIpc) is 2.70. The van der Waals surface area contributed by atoms with Crippen LogP contribution in [0.2, 0.25) is 0 Å². The fourth-order valence-corrected chi connectivity index (χ4v) is 2.51. The molecule has 0 aliphatic rings. The van der Waals surface area contributed by atoms with E-state index in [1.807, 2.05) is 32.3 Å². The van der Waals surface area contributed by atoms with Gasteiger partial charge in [0, 0.05) is 17.5 Å². The van der Waals surface area contributed by atoms with Crippen LogP contribution in [0.5, 0.6) is 0 Å². The average molecular weight is 293 g/mol. The van der Waals surface area contributed by atoms with Gasteiger partial charge in [0.05, 0.1) is 0 Å². The van der Waals surface area contributed by atoms with Crippen molar-refractivity contribution in [2.45, 2.75) is 46.1 Å². The molecule has 0 bridgehead atoms. The summed E-state index contributed by atoms with van der Waals surface area (Å²) in [6.45, 7) is 8.07. The lowest BCUT2D eigenvalue weighted by molar-refractivity contribution is 0.387. The molecule has 5 heteroatoms. The monoisotopic (exact) mass is 293 g/mol. The molecule has 0 aliphatic heterocycles. The Morgan fingerprint density at radius 2 is 1.90 bits per heavy atom. The number of nitrogens with zero attached hydrogens (tertiary/aromatic N) is 2. The number of halogens is 2. The van der Waals surface area contributed by atoms with Gasteiger partial charge in [-0.05, 0) is 39.3 Å². The number of anilines is 1. The first kappa shape index (κ1) is 15.5. The molecule has 0 aliphatic carbocycles. The number of benzene rings is 1. The highest BCUT2D eigenvalue weighted by atomic mass is 19.2. The molecular formula is C16H21F2N3. The zero-order valence-electron chi connectivity index (χ0n) is 12.9. The standard InChI is InChI=1S/C16H21F2N3/c1-5-7-12-20-14(15(19)21(12)16(2,3)4)10-8-6-9-11(17)13(10)18/h6,8-9H,5,7,19H2,1-4H3. The van der Waals surface area contributed by atoms with Crippen LogP contribution in [0.25, 0.3) is 11.3 Å². The Kier molecular flexibility index (Phi) is 4.03. The van der Waals surface area contributed by atoms with Gasteiger partial charge in [0.15, 0.2) is 11.6 Å². The fraction of sp³-hybridized carbons (Fsp3) is 0.438. The van der Waals surface area contributed by atoms with E-state index >= 15 is 0 Å². The van der Waals surface area contributed by atoms with E-state index < -0.39 is 11.6 Å². The van der Waals surface area contributed by atoms with Crippen molar-refractivity contribution in [1.82, 2.24) is 9.55 Å². The number of hydrogen-bond acceptors (Lipinski definition) is 2. The largest absolute Gasteiger partial charge is 0.383 e. The van der Waals surface area contributed by atoms with Crippen molar-refractivity contribution in [3.63, 3.8) is 0 Å². The van der Waals surface area contributed by atoms with Gasteiger partial charge in [0.25, 0.3) is 0 Å². The Morgan fingerprint density at radius 1 is 1.24 bits per heavy atom. The predicted molar refractivity (Wildman–Crippen MR) is 81.0 cm³/mol. The molecule has 1 aromatic carbocycles. The van der Waals surface area contributed by atoms with Gasteiger partial charge in [-0.25, -0.2) is 13.8 Å². The molecule has 2 rings (SSSR count). The van der Waals surface area contributed by atoms with Gasteiger partial charge in [-0.2, -0.15) is 0 Å². The van der Waals surface area contributed by atoms with Crippen molar-refractivity contribution in [3.05, 3.63) is 35.7 Å². The summed E-state index contributed by atoms with van der Waals surface area (Å²) in [4.78, 5) is 4.47. The summed E-state index contributed by atoms with van der Waals surface area (Å²) in [5, 5.41) is 0. The lowest BCUT2D eigenvalue weighted by Gasteiger charge is -2.25. The smallest absolute Gasteiger partial charge is 0.168 e. The van der Waals surface area contributed by atoms with Crippen molar-refractivity contribution < 1.29 is 8.78 Å². The van der Waals surface area contributed by atoms with Gasteiger partial charge in [-0.3, -0.25) is 0 Å². The number of rotatable bonds is 3. The molecular weight excluding hydrogens is 272 g/mol. The maximum absolute atomic E-state index is 14.0. The molecule has 21 heavy (non-hydrogen) atoms. The van der Waals surface area contributed by atoms with Gasteiger partial charge < -0.3 is 10.3 Å². The molecule has 3 nitrogen and oxygen atoms in total. The van der Waals surface area contributed by atoms with E-state index in [2.05, 4.69) is 4.98 Å². The molecule has 1 aromatic heterocycles. The topological polar surface area (TPSA) is 43.8 Å². The highest BCUT2D eigenvalue weighted by Gasteiger charge is 2.25. The summed E-state index contributed by atoms with van der Waals surface area (Å²) in [5.41, 5.74) is 6.32. The second-order valence-corrected chi connectivity index (χ2v) is 6.12. The molecule has 0 atom stereocenters. The van der Waals surface area contributed by atoms with E-state index in [1.54, 1.807) is 0 Å². The first-order chi connectivity index (χ1) is 9.77. The predicted octanol–water partition coefficient (Wildman–Crippen LogP) is 4.12. The first-order valence-corrected chi connectivity index (χ1v) is 7.09. The maximum atomic E-state index is 14.0. The van der Waals surface area contributed by atoms with Crippen molar-refractivity contribution in [3.8, 4) is 11.3 Å². The maximum Gasteiger partial charge on any atom is 0.168 e. The van der Waals surface area contributed by atoms with Gasteiger partial charge in [0.2, 0.25) is 0 Å². The third-order valence-electron chi connectivity index (χ3n) is 3.33. The zero-order valence-corrected chi connectivity index (χ0v) is 12.9. The van der Waals surface area contributed by atoms with Crippen LogP contribution in [0.1, 0.15) is 39.9 Å². The molecule has 0 saturated heterocycles. The van der Waals surface area contributed by atoms with E-state index in [-0.39, 0.29) is 11.1 Å². The van der Waals surface area contributed by atoms with Crippen LogP contribution in [0.4, 0.5) is 14.6 Å². The van der Waals surface area contributed by atoms with Crippen molar-refractivity contribution in [2.75, 3.05) is 5.73 Å². The highest BCUT2D eigenvalue weighted by molar-refractivity contribution is 5.72. The molecule has 0 amide bonds. The SMILES string of the molecule is CCCc1nc(-c2cccc(F)c2F)c(N)n1C(C)(C)C. The molecule has 0 unspecified atom stereocenters. The van der Waals surface area contributed by atoms with Crippen LogP contribution in [-0.2, 0) is 12.0 Å². The Hall–Kier alpha value is -1.91. The second-order valence-electron chi connectivity index (χ2n) is 6.12. The molecule has 1 heterocycles. The number of aryl methyl sites for hydroxylation is 1. The molecule has 0 radical (unpaired) electrons. The summed E-state index contributed by atoms with van der Waals surface area (Å²) in [5.74, 6) is -0.642. The van der Waals surface area contributed by atoms with Gasteiger partial charge in [0.1, 0.15) is 17.3 Å². The van der Waals surface area contributed by atoms with E-state index in [1.165, 1.54) is 12.1 Å². The minimum absolute atomic E-state index is 0.104. The minimum Gasteiger partial charge on any atom is -0.383 e. The molecule has 2 N–H and O–H groups in total. The lowest BCUT2D eigenvalue weighted by atomic mass is 10.1. The van der Waals surface area contributed by atoms with E-state index in [4.69, 9.17) is 5.73 Å². The highest BCUT2D eigenvalue weighted by Crippen LogP contribution is 2.33. The first-order valence-electron chi connectivity index (χ1n) is 7.09. The fourth-order valence-electron chi connectivity index (χ4n) is 2.51. The van der Waals surface area contributed by atoms with Crippen molar-refractivity contribution in [1.29, 1.82) is 0 Å². The normalized spacial score (nSPS) is 11.9. The van der Waals surface area contributed by atoms with Gasteiger partial charge in [-0.15, -0.1) is 0 Å². The van der Waals surface area contributed by atoms with Crippen LogP contribution in [0, 0.1) is 11.6 Å². The van der Waals surface area contributed by atoms with Gasteiger partial charge in [-0.1, -0.05) is 13.0 Å². The summed E-state index contributed by atoms with van der Waals surface area (Å²) < 4.78 is 29.3. The van der Waals surface area contributed by atoms with Crippen molar-refractivity contribution in [2.24, 2.45) is 0 Å². The van der Waals surface area contributed by atoms with Crippen LogP contribution in [-0.4, -0.2) is 9.55 Å². The molecule has 114 valence electrons. The zero-order chi connectivity index (χ0) is 15.8. The quantitative estimate of drug-likeness (QED) is 0.925. The summed E-state index contributed by atoms with van der Waals surface area (Å²) in [6.07, 6.45) is 1.63. The second kappa shape index (κ2) is 5.47. The van der Waals surface area contributed by atoms with Crippen LogP contribution < -0.4 is 5.73 Å². The molecule has 2 aromatic rings. The van der Waals surface area contributed by atoms with Crippen molar-refractivity contribution >= 4 is 5.82 Å². The molecule has 0 spiro atoms. The summed E-state index contributed by atoms with van der Waals surface area (Å²) in [6, 6.07) is 4.05. The van der Waals surface area contributed by atoms with E-state index in [0.29, 0.717) is 11.5 Å². The summed E-state index contributed by atoms with van der Waals surface area (Å²) >= 11 is 0. The number of imidazole rings is 1. The third-order valence-corrected chi connectivity index (χ3v) is 3.33. The Bertz CT molecular complexity index is 654. The number of aromatic nitrogens is 2. The number of nitrogen functional groups attached to an aromatic ring is 1.